The monoisotopic (exact) mass is 261 g/mol. The number of nitrogens with zero attached hydrogens (tertiary/aromatic N) is 2. The summed E-state index contributed by atoms with van der Waals surface area (Å²) in [6, 6.07) is 8.93. The van der Waals surface area contributed by atoms with Gasteiger partial charge in [0.15, 0.2) is 5.13 Å². The Morgan fingerprint density at radius 2 is 2.11 bits per heavy atom. The maximum absolute atomic E-state index is 4.64. The van der Waals surface area contributed by atoms with Crippen molar-refractivity contribution in [2.45, 2.75) is 25.8 Å². The number of thiazole rings is 1. The molecule has 3 nitrogen and oxygen atoms in total. The number of piperidine rings is 1. The number of aromatic nitrogens is 1. The average Bonchev–Trinajstić information content (AvgIpc) is 2.82. The summed E-state index contributed by atoms with van der Waals surface area (Å²) in [7, 11) is 0. The molecule has 18 heavy (non-hydrogen) atoms. The van der Waals surface area contributed by atoms with E-state index in [0.717, 1.165) is 10.6 Å². The SMILES string of the molecule is CCN1CCC(Nc2nc3ccccc3s2)CC1. The van der Waals surface area contributed by atoms with E-state index in [4.69, 9.17) is 0 Å². The van der Waals surface area contributed by atoms with Crippen molar-refractivity contribution in [3.05, 3.63) is 24.3 Å². The molecule has 2 heterocycles. The first-order valence-electron chi connectivity index (χ1n) is 6.69. The molecule has 96 valence electrons. The van der Waals surface area contributed by atoms with Crippen LogP contribution in [0.3, 0.4) is 0 Å². The second kappa shape index (κ2) is 5.24. The zero-order valence-electron chi connectivity index (χ0n) is 10.7. The molecule has 1 aliphatic rings. The third-order valence-corrected chi connectivity index (χ3v) is 4.62. The molecule has 1 aliphatic heterocycles. The number of likely N-dealkylation sites (tertiary alicyclic amines) is 1. The van der Waals surface area contributed by atoms with Crippen LogP contribution in [0, 0.1) is 0 Å². The lowest BCUT2D eigenvalue weighted by molar-refractivity contribution is 0.229. The molecule has 0 aliphatic carbocycles. The van der Waals surface area contributed by atoms with Crippen molar-refractivity contribution >= 4 is 26.7 Å². The Morgan fingerprint density at radius 1 is 1.33 bits per heavy atom. The van der Waals surface area contributed by atoms with Crippen LogP contribution in [-0.4, -0.2) is 35.6 Å². The topological polar surface area (TPSA) is 28.2 Å². The van der Waals surface area contributed by atoms with Crippen molar-refractivity contribution < 1.29 is 0 Å². The van der Waals surface area contributed by atoms with Gasteiger partial charge in [-0.1, -0.05) is 30.4 Å². The van der Waals surface area contributed by atoms with E-state index in [2.05, 4.69) is 40.3 Å². The van der Waals surface area contributed by atoms with Crippen molar-refractivity contribution in [1.82, 2.24) is 9.88 Å². The molecule has 0 spiro atoms. The molecule has 0 amide bonds. The Labute approximate surface area is 112 Å². The minimum atomic E-state index is 0.591. The number of rotatable bonds is 3. The first-order chi connectivity index (χ1) is 8.85. The number of para-hydroxylation sites is 1. The highest BCUT2D eigenvalue weighted by Crippen LogP contribution is 2.27. The van der Waals surface area contributed by atoms with Crippen LogP contribution < -0.4 is 5.32 Å². The molecule has 1 aromatic carbocycles. The van der Waals surface area contributed by atoms with Gasteiger partial charge in [0.25, 0.3) is 0 Å². The van der Waals surface area contributed by atoms with Gasteiger partial charge in [0.2, 0.25) is 0 Å². The maximum Gasteiger partial charge on any atom is 0.184 e. The average molecular weight is 261 g/mol. The minimum Gasteiger partial charge on any atom is -0.359 e. The van der Waals surface area contributed by atoms with Crippen molar-refractivity contribution in [3.63, 3.8) is 0 Å². The third kappa shape index (κ3) is 2.49. The van der Waals surface area contributed by atoms with Gasteiger partial charge < -0.3 is 10.2 Å². The van der Waals surface area contributed by atoms with Crippen molar-refractivity contribution in [1.29, 1.82) is 0 Å². The van der Waals surface area contributed by atoms with Gasteiger partial charge in [0, 0.05) is 19.1 Å². The molecule has 0 bridgehead atoms. The normalized spacial score (nSPS) is 18.3. The molecule has 1 N–H and O–H groups in total. The lowest BCUT2D eigenvalue weighted by Gasteiger charge is -2.31. The second-order valence-electron chi connectivity index (χ2n) is 4.84. The molecular weight excluding hydrogens is 242 g/mol. The van der Waals surface area contributed by atoms with Gasteiger partial charge in [-0.25, -0.2) is 4.98 Å². The summed E-state index contributed by atoms with van der Waals surface area (Å²) in [4.78, 5) is 7.15. The van der Waals surface area contributed by atoms with Gasteiger partial charge in [0.1, 0.15) is 0 Å². The molecule has 2 aromatic rings. The highest BCUT2D eigenvalue weighted by atomic mass is 32.1. The van der Waals surface area contributed by atoms with Gasteiger partial charge >= 0.3 is 0 Å². The van der Waals surface area contributed by atoms with Crippen LogP contribution in [0.2, 0.25) is 0 Å². The molecule has 0 atom stereocenters. The molecule has 0 unspecified atom stereocenters. The lowest BCUT2D eigenvalue weighted by Crippen LogP contribution is -2.38. The number of fused-ring (bicyclic) bond motifs is 1. The van der Waals surface area contributed by atoms with E-state index in [0.29, 0.717) is 6.04 Å². The summed E-state index contributed by atoms with van der Waals surface area (Å²) in [6.07, 6.45) is 2.45. The molecule has 0 radical (unpaired) electrons. The van der Waals surface area contributed by atoms with Crippen LogP contribution in [0.5, 0.6) is 0 Å². The van der Waals surface area contributed by atoms with E-state index in [-0.39, 0.29) is 0 Å². The molecular formula is C14H19N3S. The third-order valence-electron chi connectivity index (χ3n) is 3.66. The number of nitrogens with one attached hydrogen (secondary N) is 1. The van der Waals surface area contributed by atoms with Crippen LogP contribution in [0.1, 0.15) is 19.8 Å². The summed E-state index contributed by atoms with van der Waals surface area (Å²) in [5, 5.41) is 4.67. The molecule has 3 rings (SSSR count). The fourth-order valence-corrected chi connectivity index (χ4v) is 3.44. The second-order valence-corrected chi connectivity index (χ2v) is 5.87. The van der Waals surface area contributed by atoms with E-state index in [1.54, 1.807) is 11.3 Å². The standard InChI is InChI=1S/C14H19N3S/c1-2-17-9-7-11(8-10-17)15-14-16-12-5-3-4-6-13(12)18-14/h3-6,11H,2,7-10H2,1H3,(H,15,16). The van der Waals surface area contributed by atoms with Gasteiger partial charge in [-0.15, -0.1) is 0 Å². The van der Waals surface area contributed by atoms with Crippen LogP contribution in [0.4, 0.5) is 5.13 Å². The van der Waals surface area contributed by atoms with Crippen molar-refractivity contribution in [2.24, 2.45) is 0 Å². The minimum absolute atomic E-state index is 0.591. The largest absolute Gasteiger partial charge is 0.359 e. The van der Waals surface area contributed by atoms with Gasteiger partial charge in [-0.05, 0) is 31.5 Å². The van der Waals surface area contributed by atoms with Gasteiger partial charge in [0.05, 0.1) is 10.2 Å². The highest BCUT2D eigenvalue weighted by Gasteiger charge is 2.18. The van der Waals surface area contributed by atoms with E-state index in [1.807, 2.05) is 6.07 Å². The number of benzene rings is 1. The Kier molecular flexibility index (Phi) is 3.48. The number of hydrogen-bond donors (Lipinski definition) is 1. The zero-order valence-corrected chi connectivity index (χ0v) is 11.5. The Morgan fingerprint density at radius 3 is 2.83 bits per heavy atom. The summed E-state index contributed by atoms with van der Waals surface area (Å²) >= 11 is 1.76. The lowest BCUT2D eigenvalue weighted by atomic mass is 10.1. The quantitative estimate of drug-likeness (QED) is 0.919. The van der Waals surface area contributed by atoms with Gasteiger partial charge in [-0.3, -0.25) is 0 Å². The summed E-state index contributed by atoms with van der Waals surface area (Å²) in [5.41, 5.74) is 1.11. The number of anilines is 1. The highest BCUT2D eigenvalue weighted by molar-refractivity contribution is 7.22. The molecule has 1 fully saturated rings. The van der Waals surface area contributed by atoms with Crippen LogP contribution in [-0.2, 0) is 0 Å². The van der Waals surface area contributed by atoms with Crippen molar-refractivity contribution in [3.8, 4) is 0 Å². The zero-order chi connectivity index (χ0) is 12.4. The van der Waals surface area contributed by atoms with Crippen molar-refractivity contribution in [2.75, 3.05) is 25.0 Å². The summed E-state index contributed by atoms with van der Waals surface area (Å²) < 4.78 is 1.27. The maximum atomic E-state index is 4.64. The van der Waals surface area contributed by atoms with E-state index < -0.39 is 0 Å². The predicted octanol–water partition coefficient (Wildman–Crippen LogP) is 3.19. The van der Waals surface area contributed by atoms with E-state index in [9.17, 15) is 0 Å². The Balaban J connectivity index is 1.66. The summed E-state index contributed by atoms with van der Waals surface area (Å²) in [6.45, 7) is 5.83. The number of hydrogen-bond acceptors (Lipinski definition) is 4. The molecule has 1 saturated heterocycles. The van der Waals surface area contributed by atoms with E-state index >= 15 is 0 Å². The molecule has 0 saturated carbocycles. The summed E-state index contributed by atoms with van der Waals surface area (Å²) in [5.74, 6) is 0. The first kappa shape index (κ1) is 11.9. The molecule has 1 aromatic heterocycles. The van der Waals surface area contributed by atoms with Crippen LogP contribution >= 0.6 is 11.3 Å². The fourth-order valence-electron chi connectivity index (χ4n) is 2.50. The van der Waals surface area contributed by atoms with Crippen LogP contribution in [0.15, 0.2) is 24.3 Å². The predicted molar refractivity (Wildman–Crippen MR) is 78.4 cm³/mol. The fraction of sp³-hybridized carbons (Fsp3) is 0.500. The molecule has 4 heteroatoms. The first-order valence-corrected chi connectivity index (χ1v) is 7.51. The van der Waals surface area contributed by atoms with Crippen LogP contribution in [0.25, 0.3) is 10.2 Å². The Hall–Kier alpha value is -1.13. The smallest absolute Gasteiger partial charge is 0.184 e. The van der Waals surface area contributed by atoms with E-state index in [1.165, 1.54) is 37.2 Å². The Bertz CT molecular complexity index is 481. The van der Waals surface area contributed by atoms with Gasteiger partial charge in [-0.2, -0.15) is 0 Å².